The van der Waals surface area contributed by atoms with E-state index in [-0.39, 0.29) is 5.82 Å². The van der Waals surface area contributed by atoms with Crippen molar-refractivity contribution in [2.75, 3.05) is 12.4 Å². The van der Waals surface area contributed by atoms with Gasteiger partial charge >= 0.3 is 0 Å². The number of halogens is 1. The number of hydrogen-bond acceptors (Lipinski definition) is 4. The number of ether oxygens (including phenoxy) is 1. The Bertz CT molecular complexity index is 1250. The summed E-state index contributed by atoms with van der Waals surface area (Å²) in [6.07, 6.45) is 0. The van der Waals surface area contributed by atoms with Gasteiger partial charge in [0.15, 0.2) is 5.82 Å². The zero-order valence-corrected chi connectivity index (χ0v) is 18.1. The first-order valence-electron chi connectivity index (χ1n) is 9.70. The molecule has 0 radical (unpaired) electrons. The number of anilines is 1. The largest absolute Gasteiger partial charge is 0.497 e. The lowest BCUT2D eigenvalue weighted by Gasteiger charge is -2.07. The predicted molar refractivity (Wildman–Crippen MR) is 122 cm³/mol. The van der Waals surface area contributed by atoms with Crippen molar-refractivity contribution >= 4 is 23.2 Å². The number of nitrogens with zero attached hydrogens (tertiary/aromatic N) is 3. The number of aromatic nitrogens is 3. The van der Waals surface area contributed by atoms with Gasteiger partial charge in [0.05, 0.1) is 12.8 Å². The maximum absolute atomic E-state index is 12.9. The third kappa shape index (κ3) is 4.44. The van der Waals surface area contributed by atoms with Crippen LogP contribution in [0.4, 0.5) is 5.69 Å². The Hall–Kier alpha value is -3.64. The highest BCUT2D eigenvalue weighted by atomic mass is 35.5. The van der Waals surface area contributed by atoms with Gasteiger partial charge in [0.1, 0.15) is 5.75 Å². The molecular weight excluding hydrogens is 412 g/mol. The molecule has 4 rings (SSSR count). The third-order valence-electron chi connectivity index (χ3n) is 4.97. The fourth-order valence-corrected chi connectivity index (χ4v) is 3.32. The van der Waals surface area contributed by atoms with Crippen LogP contribution in [0.1, 0.15) is 21.7 Å². The van der Waals surface area contributed by atoms with Crippen LogP contribution in [0.2, 0.25) is 5.02 Å². The lowest BCUT2D eigenvalue weighted by molar-refractivity contribution is 0.101. The number of rotatable bonds is 5. The molecule has 156 valence electrons. The summed E-state index contributed by atoms with van der Waals surface area (Å²) in [6.45, 7) is 4.02. The van der Waals surface area contributed by atoms with Crippen LogP contribution in [0.25, 0.3) is 17.1 Å². The summed E-state index contributed by atoms with van der Waals surface area (Å²) in [4.78, 5) is 17.4. The summed E-state index contributed by atoms with van der Waals surface area (Å²) in [6, 6.07) is 20.4. The predicted octanol–water partition coefficient (Wildman–Crippen LogP) is 5.47. The minimum Gasteiger partial charge on any atom is -0.497 e. The van der Waals surface area contributed by atoms with Gasteiger partial charge < -0.3 is 10.1 Å². The summed E-state index contributed by atoms with van der Waals surface area (Å²) < 4.78 is 6.86. The van der Waals surface area contributed by atoms with Gasteiger partial charge in [0, 0.05) is 16.3 Å². The minimum atomic E-state index is -0.390. The van der Waals surface area contributed by atoms with Crippen LogP contribution in [0.5, 0.6) is 5.75 Å². The van der Waals surface area contributed by atoms with Gasteiger partial charge in [-0.1, -0.05) is 29.8 Å². The molecule has 0 unspecified atom stereocenters. The summed E-state index contributed by atoms with van der Waals surface area (Å²) >= 11 is 6.18. The van der Waals surface area contributed by atoms with E-state index in [0.717, 1.165) is 28.1 Å². The molecule has 0 aliphatic rings. The highest BCUT2D eigenvalue weighted by molar-refractivity contribution is 6.30. The summed E-state index contributed by atoms with van der Waals surface area (Å²) in [5.74, 6) is 0.904. The highest BCUT2D eigenvalue weighted by Gasteiger charge is 2.19. The molecule has 1 amide bonds. The molecule has 0 spiro atoms. The average Bonchev–Trinajstić information content (AvgIpc) is 3.22. The second kappa shape index (κ2) is 8.62. The number of amides is 1. The maximum Gasteiger partial charge on any atom is 0.295 e. The molecular formula is C24H21ClN4O2. The van der Waals surface area contributed by atoms with Crippen LogP contribution < -0.4 is 10.1 Å². The quantitative estimate of drug-likeness (QED) is 0.454. The third-order valence-corrected chi connectivity index (χ3v) is 5.21. The topological polar surface area (TPSA) is 69.0 Å². The zero-order valence-electron chi connectivity index (χ0n) is 17.4. The van der Waals surface area contributed by atoms with Crippen molar-refractivity contribution in [3.63, 3.8) is 0 Å². The van der Waals surface area contributed by atoms with Gasteiger partial charge in [-0.25, -0.2) is 9.67 Å². The standard InChI is InChI=1S/C24H21ClN4O2/c1-15-7-8-19(13-16(15)2)26-24(30)22-27-23(17-5-4-6-18(25)14-17)29(28-22)20-9-11-21(31-3)12-10-20/h4-14H,1-3H3,(H,26,30). The van der Waals surface area contributed by atoms with E-state index >= 15 is 0 Å². The first-order chi connectivity index (χ1) is 14.9. The highest BCUT2D eigenvalue weighted by Crippen LogP contribution is 2.25. The molecule has 0 bridgehead atoms. The lowest BCUT2D eigenvalue weighted by atomic mass is 10.1. The second-order valence-electron chi connectivity index (χ2n) is 7.13. The fraction of sp³-hybridized carbons (Fsp3) is 0.125. The minimum absolute atomic E-state index is 0.0593. The molecule has 3 aromatic carbocycles. The molecule has 31 heavy (non-hydrogen) atoms. The molecule has 0 aliphatic carbocycles. The number of methoxy groups -OCH3 is 1. The van der Waals surface area contributed by atoms with Gasteiger partial charge in [-0.2, -0.15) is 0 Å². The number of benzene rings is 3. The molecule has 0 atom stereocenters. The summed E-state index contributed by atoms with van der Waals surface area (Å²) in [5.41, 5.74) is 4.44. The van der Waals surface area contributed by atoms with Gasteiger partial charge in [0.25, 0.3) is 5.91 Å². The zero-order chi connectivity index (χ0) is 22.0. The van der Waals surface area contributed by atoms with Crippen molar-refractivity contribution < 1.29 is 9.53 Å². The van der Waals surface area contributed by atoms with Crippen LogP contribution in [0.3, 0.4) is 0 Å². The Kier molecular flexibility index (Phi) is 5.73. The Morgan fingerprint density at radius 1 is 1.00 bits per heavy atom. The normalized spacial score (nSPS) is 10.7. The first-order valence-corrected chi connectivity index (χ1v) is 10.1. The molecule has 0 saturated carbocycles. The van der Waals surface area contributed by atoms with E-state index in [2.05, 4.69) is 15.4 Å². The molecule has 4 aromatic rings. The number of hydrogen-bond donors (Lipinski definition) is 1. The van der Waals surface area contributed by atoms with Crippen LogP contribution >= 0.6 is 11.6 Å². The van der Waals surface area contributed by atoms with Crippen molar-refractivity contribution in [1.82, 2.24) is 14.8 Å². The summed E-state index contributed by atoms with van der Waals surface area (Å²) in [5, 5.41) is 7.94. The Labute approximate surface area is 185 Å². The fourth-order valence-electron chi connectivity index (χ4n) is 3.13. The van der Waals surface area contributed by atoms with Crippen LogP contribution in [-0.2, 0) is 0 Å². The first kappa shape index (κ1) is 20.6. The Morgan fingerprint density at radius 2 is 1.77 bits per heavy atom. The average molecular weight is 433 g/mol. The lowest BCUT2D eigenvalue weighted by Crippen LogP contribution is -2.14. The van der Waals surface area contributed by atoms with Crippen LogP contribution in [-0.4, -0.2) is 27.8 Å². The molecule has 1 N–H and O–H groups in total. The van der Waals surface area contributed by atoms with Crippen molar-refractivity contribution in [1.29, 1.82) is 0 Å². The number of aryl methyl sites for hydroxylation is 2. The van der Waals surface area contributed by atoms with Crippen molar-refractivity contribution in [3.05, 3.63) is 88.7 Å². The maximum atomic E-state index is 12.9. The molecule has 1 heterocycles. The van der Waals surface area contributed by atoms with Gasteiger partial charge in [-0.05, 0) is 73.5 Å². The van der Waals surface area contributed by atoms with E-state index in [0.29, 0.717) is 16.5 Å². The summed E-state index contributed by atoms with van der Waals surface area (Å²) in [7, 11) is 1.61. The van der Waals surface area contributed by atoms with Gasteiger partial charge in [0.2, 0.25) is 5.82 Å². The monoisotopic (exact) mass is 432 g/mol. The van der Waals surface area contributed by atoms with E-state index in [1.165, 1.54) is 0 Å². The van der Waals surface area contributed by atoms with E-state index < -0.39 is 5.91 Å². The SMILES string of the molecule is COc1ccc(-n2nc(C(=O)Nc3ccc(C)c(C)c3)nc2-c2cccc(Cl)c2)cc1. The van der Waals surface area contributed by atoms with E-state index in [1.807, 2.05) is 68.4 Å². The molecule has 1 aromatic heterocycles. The van der Waals surface area contributed by atoms with E-state index in [4.69, 9.17) is 16.3 Å². The second-order valence-corrected chi connectivity index (χ2v) is 7.57. The molecule has 0 aliphatic heterocycles. The Balaban J connectivity index is 1.74. The number of carbonyl (C=O) groups excluding carboxylic acids is 1. The number of nitrogens with one attached hydrogen (secondary N) is 1. The van der Waals surface area contributed by atoms with Crippen molar-refractivity contribution in [3.8, 4) is 22.8 Å². The van der Waals surface area contributed by atoms with Crippen molar-refractivity contribution in [2.45, 2.75) is 13.8 Å². The Morgan fingerprint density at radius 3 is 2.45 bits per heavy atom. The molecule has 0 fully saturated rings. The molecule has 6 nitrogen and oxygen atoms in total. The molecule has 0 saturated heterocycles. The van der Waals surface area contributed by atoms with Crippen LogP contribution in [0, 0.1) is 13.8 Å². The van der Waals surface area contributed by atoms with Gasteiger partial charge in [-0.3, -0.25) is 4.79 Å². The van der Waals surface area contributed by atoms with E-state index in [1.54, 1.807) is 23.9 Å². The molecule has 7 heteroatoms. The van der Waals surface area contributed by atoms with E-state index in [9.17, 15) is 4.79 Å². The van der Waals surface area contributed by atoms with Crippen LogP contribution in [0.15, 0.2) is 66.7 Å². The number of carbonyl (C=O) groups is 1. The smallest absolute Gasteiger partial charge is 0.295 e. The van der Waals surface area contributed by atoms with Crippen molar-refractivity contribution in [2.24, 2.45) is 0 Å². The van der Waals surface area contributed by atoms with Gasteiger partial charge in [-0.15, -0.1) is 5.10 Å².